The lowest BCUT2D eigenvalue weighted by Crippen LogP contribution is -2.22. The minimum Gasteiger partial charge on any atom is -0.351 e. The van der Waals surface area contributed by atoms with Gasteiger partial charge in [-0.15, -0.1) is 0 Å². The number of rotatable bonds is 4. The first kappa shape index (κ1) is 19.8. The number of H-pyrrole nitrogens is 1. The van der Waals surface area contributed by atoms with E-state index >= 15 is 0 Å². The molecule has 0 atom stereocenters. The van der Waals surface area contributed by atoms with E-state index in [9.17, 15) is 30.8 Å². The summed E-state index contributed by atoms with van der Waals surface area (Å²) in [6.07, 6.45) is -4.04. The van der Waals surface area contributed by atoms with Crippen LogP contribution in [0, 0.1) is 5.82 Å². The van der Waals surface area contributed by atoms with Crippen LogP contribution in [0.5, 0.6) is 0 Å². The second kappa shape index (κ2) is 6.90. The zero-order valence-electron chi connectivity index (χ0n) is 14.3. The molecule has 0 amide bonds. The smallest absolute Gasteiger partial charge is 0.351 e. The van der Waals surface area contributed by atoms with Gasteiger partial charge in [0.25, 0.3) is 5.78 Å². The van der Waals surface area contributed by atoms with Crippen LogP contribution < -0.4 is 0 Å². The molecule has 3 aromatic rings. The molecule has 1 aromatic heterocycles. The highest BCUT2D eigenvalue weighted by Gasteiger charge is 2.40. The highest BCUT2D eigenvalue weighted by molar-refractivity contribution is 7.90. The van der Waals surface area contributed by atoms with Crippen LogP contribution in [0.3, 0.4) is 0 Å². The van der Waals surface area contributed by atoms with E-state index in [1.807, 2.05) is 0 Å². The second-order valence-corrected chi connectivity index (χ2v) is 8.12. The van der Waals surface area contributed by atoms with E-state index < -0.39 is 33.3 Å². The largest absolute Gasteiger partial charge is 0.456 e. The van der Waals surface area contributed by atoms with Gasteiger partial charge in [0.1, 0.15) is 5.82 Å². The highest BCUT2D eigenvalue weighted by Crippen LogP contribution is 2.35. The molecule has 0 fully saturated rings. The maximum absolute atomic E-state index is 13.2. The number of carbonyl (C=O) groups is 1. The van der Waals surface area contributed by atoms with Crippen molar-refractivity contribution < 1.29 is 30.8 Å². The van der Waals surface area contributed by atoms with Crippen molar-refractivity contribution >= 4 is 15.6 Å². The summed E-state index contributed by atoms with van der Waals surface area (Å²) in [5.41, 5.74) is 0.516. The quantitative estimate of drug-likeness (QED) is 0.503. The highest BCUT2D eigenvalue weighted by atomic mass is 32.2. The number of benzene rings is 2. The molecule has 0 bridgehead atoms. The Bertz CT molecular complexity index is 1130. The fraction of sp³-hybridized carbons (Fsp3) is 0.105. The van der Waals surface area contributed by atoms with E-state index in [0.29, 0.717) is 11.1 Å². The number of sulfone groups is 1. The van der Waals surface area contributed by atoms with Gasteiger partial charge in [-0.2, -0.15) is 13.2 Å². The van der Waals surface area contributed by atoms with E-state index in [1.54, 1.807) is 0 Å². The normalized spacial score (nSPS) is 12.2. The third-order valence-electron chi connectivity index (χ3n) is 4.05. The first-order valence-electron chi connectivity index (χ1n) is 7.88. The summed E-state index contributed by atoms with van der Waals surface area (Å²) in [4.78, 5) is 14.1. The molecule has 0 aliphatic rings. The number of hydrogen-bond donors (Lipinski definition) is 1. The topological polar surface area (TPSA) is 67.0 Å². The molecule has 0 saturated carbocycles. The van der Waals surface area contributed by atoms with Crippen molar-refractivity contribution in [3.05, 3.63) is 66.1 Å². The number of nitrogens with one attached hydrogen (secondary N) is 1. The Labute approximate surface area is 157 Å². The summed E-state index contributed by atoms with van der Waals surface area (Å²) in [6, 6.07) is 11.5. The van der Waals surface area contributed by atoms with Gasteiger partial charge < -0.3 is 4.98 Å². The molecule has 1 heterocycles. The van der Waals surface area contributed by atoms with Crippen molar-refractivity contribution in [1.29, 1.82) is 0 Å². The maximum Gasteiger partial charge on any atom is 0.456 e. The fourth-order valence-electron chi connectivity index (χ4n) is 2.68. The number of ketones is 1. The number of carbonyl (C=O) groups excluding carboxylic acids is 1. The first-order valence-corrected chi connectivity index (χ1v) is 9.77. The molecule has 0 aliphatic heterocycles. The predicted octanol–water partition coefficient (Wildman–Crippen LogP) is 4.64. The molecule has 2 aromatic carbocycles. The third-order valence-corrected chi connectivity index (χ3v) is 5.17. The standard InChI is InChI=1S/C19H13F4NO3S/c1-28(26,27)14-8-4-12(5-9-14)17-15(11-2-6-13(20)7-3-11)10-16(24-17)18(25)19(21,22)23/h2-10,24H,1H3. The monoisotopic (exact) mass is 411 g/mol. The number of halogens is 4. The SMILES string of the molecule is CS(=O)(=O)c1ccc(-c2[nH]c(C(=O)C(F)(F)F)cc2-c2ccc(F)cc2)cc1. The number of aromatic amines is 1. The van der Waals surface area contributed by atoms with Crippen LogP contribution in [0.25, 0.3) is 22.4 Å². The molecule has 0 radical (unpaired) electrons. The van der Waals surface area contributed by atoms with Crippen LogP contribution in [0.1, 0.15) is 10.5 Å². The summed E-state index contributed by atoms with van der Waals surface area (Å²) >= 11 is 0. The molecule has 1 N–H and O–H groups in total. The summed E-state index contributed by atoms with van der Waals surface area (Å²) in [5.74, 6) is -2.57. The number of Topliss-reactive ketones (excluding diaryl/α,β-unsaturated/α-hetero) is 1. The van der Waals surface area contributed by atoms with Gasteiger partial charge in [0, 0.05) is 11.8 Å². The lowest BCUT2D eigenvalue weighted by Gasteiger charge is -2.06. The van der Waals surface area contributed by atoms with Crippen molar-refractivity contribution in [2.75, 3.05) is 6.26 Å². The Hall–Kier alpha value is -2.94. The predicted molar refractivity (Wildman–Crippen MR) is 95.1 cm³/mol. The molecule has 28 heavy (non-hydrogen) atoms. The van der Waals surface area contributed by atoms with Gasteiger partial charge in [-0.05, 0) is 41.5 Å². The molecule has 0 spiro atoms. The molecule has 9 heteroatoms. The second-order valence-electron chi connectivity index (χ2n) is 6.10. The Morgan fingerprint density at radius 1 is 0.929 bits per heavy atom. The van der Waals surface area contributed by atoms with Crippen molar-refractivity contribution in [3.8, 4) is 22.4 Å². The summed E-state index contributed by atoms with van der Waals surface area (Å²) < 4.78 is 74.9. The zero-order valence-corrected chi connectivity index (χ0v) is 15.2. The van der Waals surface area contributed by atoms with Crippen LogP contribution in [0.4, 0.5) is 17.6 Å². The van der Waals surface area contributed by atoms with Crippen molar-refractivity contribution in [2.45, 2.75) is 11.1 Å². The molecule has 0 saturated heterocycles. The lowest BCUT2D eigenvalue weighted by molar-refractivity contribution is -0.0887. The van der Waals surface area contributed by atoms with E-state index in [0.717, 1.165) is 24.5 Å². The molecule has 4 nitrogen and oxygen atoms in total. The van der Waals surface area contributed by atoms with Crippen molar-refractivity contribution in [2.24, 2.45) is 0 Å². The van der Waals surface area contributed by atoms with Gasteiger partial charge in [0.15, 0.2) is 9.84 Å². The van der Waals surface area contributed by atoms with Crippen LogP contribution in [0.15, 0.2) is 59.5 Å². The van der Waals surface area contributed by atoms with E-state index in [2.05, 4.69) is 4.98 Å². The molecule has 0 aliphatic carbocycles. The van der Waals surface area contributed by atoms with Crippen LogP contribution in [0.2, 0.25) is 0 Å². The Balaban J connectivity index is 2.17. The molecule has 146 valence electrons. The number of alkyl halides is 3. The van der Waals surface area contributed by atoms with Crippen LogP contribution >= 0.6 is 0 Å². The number of aromatic nitrogens is 1. The average Bonchev–Trinajstić information content (AvgIpc) is 3.05. The minimum atomic E-state index is -5.07. The van der Waals surface area contributed by atoms with E-state index in [1.165, 1.54) is 36.4 Å². The average molecular weight is 411 g/mol. The van der Waals surface area contributed by atoms with Crippen LogP contribution in [-0.4, -0.2) is 31.6 Å². The fourth-order valence-corrected chi connectivity index (χ4v) is 3.31. The third kappa shape index (κ3) is 3.99. The molecule has 0 unspecified atom stereocenters. The van der Waals surface area contributed by atoms with E-state index in [4.69, 9.17) is 0 Å². The van der Waals surface area contributed by atoms with Gasteiger partial charge in [0.2, 0.25) is 0 Å². The zero-order chi connectivity index (χ0) is 20.7. The van der Waals surface area contributed by atoms with Gasteiger partial charge in [-0.25, -0.2) is 12.8 Å². The lowest BCUT2D eigenvalue weighted by atomic mass is 10.0. The van der Waals surface area contributed by atoms with Crippen molar-refractivity contribution in [1.82, 2.24) is 4.98 Å². The minimum absolute atomic E-state index is 0.0396. The van der Waals surface area contributed by atoms with Crippen molar-refractivity contribution in [3.63, 3.8) is 0 Å². The molecular weight excluding hydrogens is 398 g/mol. The van der Waals surface area contributed by atoms with Gasteiger partial charge in [-0.3, -0.25) is 4.79 Å². The van der Waals surface area contributed by atoms with Crippen LogP contribution in [-0.2, 0) is 9.84 Å². The summed E-state index contributed by atoms with van der Waals surface area (Å²) in [7, 11) is -3.45. The Kier molecular flexibility index (Phi) is 4.88. The Morgan fingerprint density at radius 2 is 1.46 bits per heavy atom. The first-order chi connectivity index (χ1) is 13.0. The van der Waals surface area contributed by atoms with Gasteiger partial charge in [0.05, 0.1) is 16.3 Å². The van der Waals surface area contributed by atoms with Gasteiger partial charge >= 0.3 is 6.18 Å². The molecule has 3 rings (SSSR count). The maximum atomic E-state index is 13.2. The number of hydrogen-bond acceptors (Lipinski definition) is 3. The van der Waals surface area contributed by atoms with Gasteiger partial charge in [-0.1, -0.05) is 24.3 Å². The molecular formula is C19H13F4NO3S. The summed E-state index contributed by atoms with van der Waals surface area (Å²) in [6.45, 7) is 0. The Morgan fingerprint density at radius 3 is 1.96 bits per heavy atom. The summed E-state index contributed by atoms with van der Waals surface area (Å²) in [5, 5.41) is 0. The van der Waals surface area contributed by atoms with E-state index in [-0.39, 0.29) is 16.2 Å².